The number of para-hydroxylation sites is 2. The summed E-state index contributed by atoms with van der Waals surface area (Å²) in [7, 11) is 0. The molecule has 1 aliphatic rings. The zero-order valence-corrected chi connectivity index (χ0v) is 24.3. The lowest BCUT2D eigenvalue weighted by Gasteiger charge is -2.08. The number of aryl methyl sites for hydroxylation is 1. The normalized spacial score (nSPS) is 16.1. The maximum atomic E-state index is 3.95. The third-order valence-corrected chi connectivity index (χ3v) is 8.78. The van der Waals surface area contributed by atoms with Crippen molar-refractivity contribution in [3.05, 3.63) is 151 Å². The summed E-state index contributed by atoms with van der Waals surface area (Å²) in [4.78, 5) is 0. The molecule has 4 aromatic carbocycles. The third-order valence-electron chi connectivity index (χ3n) is 8.78. The molecule has 0 atom stereocenters. The minimum atomic E-state index is 1.03. The van der Waals surface area contributed by atoms with E-state index in [-0.39, 0.29) is 0 Å². The molecule has 3 nitrogen and oxygen atoms in total. The van der Waals surface area contributed by atoms with Crippen LogP contribution in [0.2, 0.25) is 0 Å². The Bertz CT molecular complexity index is 2450. The number of hydrogen-bond donors (Lipinski definition) is 1. The van der Waals surface area contributed by atoms with E-state index in [0.29, 0.717) is 0 Å². The van der Waals surface area contributed by atoms with Gasteiger partial charge < -0.3 is 14.3 Å². The number of allylic oxidation sites excluding steroid dienone is 9. The molecule has 206 valence electrons. The summed E-state index contributed by atoms with van der Waals surface area (Å²) in [5.41, 5.74) is 10.8. The van der Waals surface area contributed by atoms with E-state index in [4.69, 9.17) is 0 Å². The van der Waals surface area contributed by atoms with E-state index in [1.807, 2.05) is 18.4 Å². The number of nitrogens with zero attached hydrogens (tertiary/aromatic N) is 2. The summed E-state index contributed by atoms with van der Waals surface area (Å²) in [6.07, 6.45) is 23.0. The van der Waals surface area contributed by atoms with Crippen molar-refractivity contribution >= 4 is 72.2 Å². The molecule has 0 bridgehead atoms. The van der Waals surface area contributed by atoms with Crippen LogP contribution in [0.4, 0.5) is 0 Å². The van der Waals surface area contributed by atoms with E-state index < -0.39 is 0 Å². The van der Waals surface area contributed by atoms with E-state index in [9.17, 15) is 0 Å². The molecule has 1 N–H and O–H groups in total. The molecule has 1 aliphatic heterocycles. The first-order valence-corrected chi connectivity index (χ1v) is 14.8. The molecule has 3 aromatic heterocycles. The Kier molecular flexibility index (Phi) is 5.73. The minimum Gasteiger partial charge on any atom is -0.362 e. The van der Waals surface area contributed by atoms with Gasteiger partial charge in [0.15, 0.2) is 0 Å². The van der Waals surface area contributed by atoms with Gasteiger partial charge >= 0.3 is 0 Å². The van der Waals surface area contributed by atoms with Gasteiger partial charge in [-0.05, 0) is 67.5 Å². The average Bonchev–Trinajstić information content (AvgIpc) is 3.58. The Labute approximate surface area is 250 Å². The largest absolute Gasteiger partial charge is 0.362 e. The van der Waals surface area contributed by atoms with Crippen LogP contribution in [0.3, 0.4) is 0 Å². The maximum absolute atomic E-state index is 3.95. The number of nitrogens with one attached hydrogen (secondary N) is 1. The van der Waals surface area contributed by atoms with Gasteiger partial charge in [-0.1, -0.05) is 85.5 Å². The molecule has 7 aromatic rings. The fourth-order valence-electron chi connectivity index (χ4n) is 6.83. The van der Waals surface area contributed by atoms with Crippen molar-refractivity contribution in [3.8, 4) is 0 Å². The van der Waals surface area contributed by atoms with Crippen LogP contribution in [0.1, 0.15) is 18.1 Å². The predicted molar refractivity (Wildman–Crippen MR) is 187 cm³/mol. The lowest BCUT2D eigenvalue weighted by Crippen LogP contribution is -2.00. The minimum absolute atomic E-state index is 1.03. The monoisotopic (exact) mass is 553 g/mol. The van der Waals surface area contributed by atoms with Crippen LogP contribution in [-0.4, -0.2) is 8.97 Å². The number of aromatic nitrogens is 2. The Morgan fingerprint density at radius 3 is 2.33 bits per heavy atom. The maximum Gasteiger partial charge on any atom is 0.0642 e. The first kappa shape index (κ1) is 25.2. The lowest BCUT2D eigenvalue weighted by atomic mass is 10.0. The van der Waals surface area contributed by atoms with Crippen LogP contribution >= 0.6 is 0 Å². The van der Waals surface area contributed by atoms with Crippen molar-refractivity contribution in [2.24, 2.45) is 0 Å². The Morgan fingerprint density at radius 1 is 0.744 bits per heavy atom. The standard InChI is InChI=1S/C40H31N3/c1-4-6-13-29-26(3)18-21-31-34-25-33-30-14-7-9-16-35(30)43-36-17-10-8-15-32(36)37(40(33)43)39(34)42(38(29)31)24-11-12-28-20-19-27(5-2)22-23-41-28/h4-25,41H,1H2,2-3H3/b13-6-,24-11+,27-5+,28-12-. The van der Waals surface area contributed by atoms with Crippen LogP contribution in [0.15, 0.2) is 139 Å². The van der Waals surface area contributed by atoms with Crippen molar-refractivity contribution in [1.29, 1.82) is 0 Å². The van der Waals surface area contributed by atoms with Crippen molar-refractivity contribution in [2.45, 2.75) is 13.8 Å². The fourth-order valence-corrected chi connectivity index (χ4v) is 6.83. The second kappa shape index (κ2) is 9.78. The van der Waals surface area contributed by atoms with Gasteiger partial charge in [0.25, 0.3) is 0 Å². The molecular weight excluding hydrogens is 522 g/mol. The van der Waals surface area contributed by atoms with E-state index in [2.05, 4.69) is 150 Å². The summed E-state index contributed by atoms with van der Waals surface area (Å²) in [6, 6.07) is 24.6. The molecule has 0 saturated heterocycles. The van der Waals surface area contributed by atoms with Crippen molar-refractivity contribution in [1.82, 2.24) is 14.3 Å². The molecule has 0 unspecified atom stereocenters. The summed E-state index contributed by atoms with van der Waals surface area (Å²) in [6.45, 7) is 8.19. The highest BCUT2D eigenvalue weighted by molar-refractivity contribution is 6.34. The zero-order chi connectivity index (χ0) is 29.1. The van der Waals surface area contributed by atoms with Gasteiger partial charge in [-0.25, -0.2) is 0 Å². The van der Waals surface area contributed by atoms with Gasteiger partial charge in [0.2, 0.25) is 0 Å². The molecule has 0 saturated carbocycles. The first-order valence-electron chi connectivity index (χ1n) is 14.8. The van der Waals surface area contributed by atoms with E-state index in [0.717, 1.165) is 5.70 Å². The molecule has 8 rings (SSSR count). The molecule has 3 heteroatoms. The topological polar surface area (TPSA) is 21.4 Å². The van der Waals surface area contributed by atoms with Crippen LogP contribution in [-0.2, 0) is 0 Å². The van der Waals surface area contributed by atoms with Gasteiger partial charge in [-0.3, -0.25) is 0 Å². The van der Waals surface area contributed by atoms with Gasteiger partial charge in [0.1, 0.15) is 0 Å². The fraction of sp³-hybridized carbons (Fsp3) is 0.0500. The summed E-state index contributed by atoms with van der Waals surface area (Å²) >= 11 is 0. The molecule has 0 aliphatic carbocycles. The molecule has 0 amide bonds. The molecule has 0 fully saturated rings. The van der Waals surface area contributed by atoms with Crippen LogP contribution in [0.25, 0.3) is 72.2 Å². The van der Waals surface area contributed by atoms with E-state index in [1.165, 1.54) is 76.6 Å². The highest BCUT2D eigenvalue weighted by Gasteiger charge is 2.24. The van der Waals surface area contributed by atoms with Gasteiger partial charge in [0.05, 0.1) is 27.6 Å². The van der Waals surface area contributed by atoms with Gasteiger partial charge in [-0.2, -0.15) is 0 Å². The second-order valence-corrected chi connectivity index (χ2v) is 11.1. The molecular formula is C40H31N3. The van der Waals surface area contributed by atoms with Gasteiger partial charge in [0, 0.05) is 56.0 Å². The lowest BCUT2D eigenvalue weighted by molar-refractivity contribution is 1.12. The Balaban J connectivity index is 1.53. The number of rotatable bonds is 4. The number of fused-ring (bicyclic) bond motifs is 10. The van der Waals surface area contributed by atoms with E-state index in [1.54, 1.807) is 0 Å². The quantitative estimate of drug-likeness (QED) is 0.215. The SMILES string of the molecule is C=C/C=C\c1c(C)ccc2c3cc4c5ccccc5n5c6ccccc6c(c3n(/C=C/C=C3C=C/C(=C\C)C=CN/3)c12)c45. The summed E-state index contributed by atoms with van der Waals surface area (Å²) < 4.78 is 4.86. The molecule has 0 radical (unpaired) electrons. The predicted octanol–water partition coefficient (Wildman–Crippen LogP) is 10.4. The molecule has 43 heavy (non-hydrogen) atoms. The van der Waals surface area contributed by atoms with Crippen molar-refractivity contribution in [2.75, 3.05) is 0 Å². The van der Waals surface area contributed by atoms with Crippen LogP contribution < -0.4 is 5.32 Å². The molecule has 0 spiro atoms. The smallest absolute Gasteiger partial charge is 0.0642 e. The van der Waals surface area contributed by atoms with E-state index >= 15 is 0 Å². The van der Waals surface area contributed by atoms with Crippen LogP contribution in [0, 0.1) is 6.92 Å². The summed E-state index contributed by atoms with van der Waals surface area (Å²) in [5.74, 6) is 0. The highest BCUT2D eigenvalue weighted by Crippen LogP contribution is 2.46. The number of hydrogen-bond acceptors (Lipinski definition) is 1. The highest BCUT2D eigenvalue weighted by atomic mass is 15.0. The first-order chi connectivity index (χ1) is 21.2. The third kappa shape index (κ3) is 3.68. The zero-order valence-electron chi connectivity index (χ0n) is 24.3. The van der Waals surface area contributed by atoms with Crippen molar-refractivity contribution < 1.29 is 0 Å². The second-order valence-electron chi connectivity index (χ2n) is 11.1. The summed E-state index contributed by atoms with van der Waals surface area (Å²) in [5, 5.41) is 11.0. The Morgan fingerprint density at radius 2 is 1.51 bits per heavy atom. The van der Waals surface area contributed by atoms with Crippen LogP contribution in [0.5, 0.6) is 0 Å². The molecule has 4 heterocycles. The average molecular weight is 554 g/mol. The Hall–Kier alpha value is -5.54. The number of benzene rings is 4. The van der Waals surface area contributed by atoms with Gasteiger partial charge in [-0.15, -0.1) is 0 Å². The van der Waals surface area contributed by atoms with Crippen molar-refractivity contribution in [3.63, 3.8) is 0 Å².